The van der Waals surface area contributed by atoms with Crippen molar-refractivity contribution in [3.05, 3.63) is 29.8 Å². The van der Waals surface area contributed by atoms with Gasteiger partial charge in [-0.25, -0.2) is 0 Å². The van der Waals surface area contributed by atoms with Crippen molar-refractivity contribution in [3.8, 4) is 0 Å². The lowest BCUT2D eigenvalue weighted by Crippen LogP contribution is -2.47. The summed E-state index contributed by atoms with van der Waals surface area (Å²) in [6, 6.07) is 7.46. The molecule has 7 heteroatoms. The third kappa shape index (κ3) is 5.20. The third-order valence-electron chi connectivity index (χ3n) is 4.64. The van der Waals surface area contributed by atoms with E-state index in [2.05, 4.69) is 22.6 Å². The van der Waals surface area contributed by atoms with Crippen LogP contribution < -0.4 is 10.6 Å². The molecule has 0 saturated carbocycles. The predicted octanol–water partition coefficient (Wildman–Crippen LogP) is 1.11. The number of nitrogens with one attached hydrogen (secondary N) is 2. The Morgan fingerprint density at radius 1 is 1.20 bits per heavy atom. The molecule has 25 heavy (non-hydrogen) atoms. The van der Waals surface area contributed by atoms with Gasteiger partial charge in [0.25, 0.3) is 5.91 Å². The lowest BCUT2D eigenvalue weighted by Gasteiger charge is -2.32. The highest BCUT2D eigenvalue weighted by molar-refractivity contribution is 7.99. The van der Waals surface area contributed by atoms with Crippen LogP contribution in [0.1, 0.15) is 16.8 Å². The van der Waals surface area contributed by atoms with Crippen LogP contribution in [0.4, 0.5) is 5.69 Å². The normalized spacial score (nSPS) is 21.8. The first-order valence-electron chi connectivity index (χ1n) is 8.80. The van der Waals surface area contributed by atoms with E-state index < -0.39 is 0 Å². The van der Waals surface area contributed by atoms with E-state index in [1.807, 2.05) is 28.8 Å². The lowest BCUT2D eigenvalue weighted by molar-refractivity contribution is -0.116. The molecule has 1 atom stereocenters. The van der Waals surface area contributed by atoms with Crippen LogP contribution in [0.5, 0.6) is 0 Å². The number of rotatable bonds is 4. The summed E-state index contributed by atoms with van der Waals surface area (Å²) in [5.41, 5.74) is 1.41. The van der Waals surface area contributed by atoms with E-state index in [1.54, 1.807) is 12.1 Å². The van der Waals surface area contributed by atoms with E-state index in [4.69, 9.17) is 0 Å². The second-order valence-corrected chi connectivity index (χ2v) is 7.80. The predicted molar refractivity (Wildman–Crippen MR) is 102 cm³/mol. The number of likely N-dealkylation sites (N-methyl/N-ethyl adjacent to an activating group) is 1. The maximum atomic E-state index is 12.5. The number of amides is 2. The number of hydrogen-bond acceptors (Lipinski definition) is 5. The largest absolute Gasteiger partial charge is 0.336 e. The Bertz CT molecular complexity index is 594. The second-order valence-electron chi connectivity index (χ2n) is 6.65. The molecule has 2 fully saturated rings. The fourth-order valence-electron chi connectivity index (χ4n) is 3.07. The van der Waals surface area contributed by atoms with Gasteiger partial charge in [-0.3, -0.25) is 9.59 Å². The minimum Gasteiger partial charge on any atom is -0.336 e. The maximum Gasteiger partial charge on any atom is 0.253 e. The molecule has 2 heterocycles. The summed E-state index contributed by atoms with van der Waals surface area (Å²) < 4.78 is 0. The molecule has 1 aromatic rings. The minimum absolute atomic E-state index is 0.0122. The summed E-state index contributed by atoms with van der Waals surface area (Å²) in [5, 5.41) is 6.28. The Morgan fingerprint density at radius 2 is 1.92 bits per heavy atom. The fraction of sp³-hybridized carbons (Fsp3) is 0.556. The van der Waals surface area contributed by atoms with Crippen LogP contribution in [0.25, 0.3) is 0 Å². The van der Waals surface area contributed by atoms with Crippen LogP contribution in [-0.2, 0) is 4.79 Å². The molecule has 2 aliphatic heterocycles. The molecule has 2 amide bonds. The molecule has 3 rings (SSSR count). The zero-order valence-electron chi connectivity index (χ0n) is 14.7. The Morgan fingerprint density at radius 3 is 2.56 bits per heavy atom. The molecule has 2 aliphatic rings. The number of carbonyl (C=O) groups excluding carboxylic acids is 2. The average molecular weight is 362 g/mol. The van der Waals surface area contributed by atoms with E-state index >= 15 is 0 Å². The average Bonchev–Trinajstić information content (AvgIpc) is 2.63. The van der Waals surface area contributed by atoms with Gasteiger partial charge in [0.05, 0.1) is 0 Å². The summed E-state index contributed by atoms with van der Waals surface area (Å²) in [7, 11) is 2.07. The molecule has 0 radical (unpaired) electrons. The van der Waals surface area contributed by atoms with Gasteiger partial charge in [-0.2, -0.15) is 11.8 Å². The van der Waals surface area contributed by atoms with Crippen molar-refractivity contribution in [2.24, 2.45) is 0 Å². The van der Waals surface area contributed by atoms with E-state index in [1.165, 1.54) is 0 Å². The Labute approximate surface area is 153 Å². The van der Waals surface area contributed by atoms with Crippen LogP contribution >= 0.6 is 11.8 Å². The van der Waals surface area contributed by atoms with Crippen LogP contribution in [0, 0.1) is 0 Å². The van der Waals surface area contributed by atoms with Gasteiger partial charge in [0, 0.05) is 67.9 Å². The van der Waals surface area contributed by atoms with Gasteiger partial charge in [-0.15, -0.1) is 0 Å². The quantitative estimate of drug-likeness (QED) is 0.840. The molecule has 0 spiro atoms. The second kappa shape index (κ2) is 8.69. The van der Waals surface area contributed by atoms with Gasteiger partial charge in [0.1, 0.15) is 0 Å². The van der Waals surface area contributed by atoms with Crippen molar-refractivity contribution in [1.82, 2.24) is 15.1 Å². The highest BCUT2D eigenvalue weighted by Crippen LogP contribution is 2.15. The van der Waals surface area contributed by atoms with E-state index in [0.29, 0.717) is 12.0 Å². The smallest absolute Gasteiger partial charge is 0.253 e. The maximum absolute atomic E-state index is 12.5. The number of carbonyl (C=O) groups is 2. The van der Waals surface area contributed by atoms with Crippen LogP contribution in [0.2, 0.25) is 0 Å². The Balaban J connectivity index is 1.51. The Hall–Kier alpha value is -1.57. The summed E-state index contributed by atoms with van der Waals surface area (Å²) in [4.78, 5) is 28.8. The molecule has 2 saturated heterocycles. The van der Waals surface area contributed by atoms with Gasteiger partial charge in [-0.1, -0.05) is 0 Å². The molecule has 1 unspecified atom stereocenters. The molecule has 0 bridgehead atoms. The molecule has 1 aromatic carbocycles. The van der Waals surface area contributed by atoms with Crippen molar-refractivity contribution in [3.63, 3.8) is 0 Å². The number of thioether (sulfide) groups is 1. The molecule has 6 nitrogen and oxygen atoms in total. The third-order valence-corrected chi connectivity index (χ3v) is 5.77. The number of hydrogen-bond donors (Lipinski definition) is 2. The first kappa shape index (κ1) is 18.2. The zero-order chi connectivity index (χ0) is 17.6. The number of benzene rings is 1. The summed E-state index contributed by atoms with van der Waals surface area (Å²) in [6.07, 6.45) is 0.481. The minimum atomic E-state index is 0.0122. The SMILES string of the molecule is CN1CCN(C(=O)c2ccc(NC(=O)CC3CSCCN3)cc2)CC1. The standard InChI is InChI=1S/C18H26N4O2S/c1-21-7-9-22(10-8-21)18(24)14-2-4-15(5-3-14)20-17(23)12-16-13-25-11-6-19-16/h2-5,16,19H,6-13H2,1H3,(H,20,23). The van der Waals surface area contributed by atoms with Crippen molar-refractivity contribution in [1.29, 1.82) is 0 Å². The number of nitrogens with zero attached hydrogens (tertiary/aromatic N) is 2. The lowest BCUT2D eigenvalue weighted by atomic mass is 10.1. The van der Waals surface area contributed by atoms with Crippen molar-refractivity contribution in [2.75, 3.05) is 56.6 Å². The topological polar surface area (TPSA) is 64.7 Å². The summed E-state index contributed by atoms with van der Waals surface area (Å²) in [6.45, 7) is 4.31. The molecule has 136 valence electrons. The molecule has 0 aromatic heterocycles. The van der Waals surface area contributed by atoms with Gasteiger partial charge in [0.15, 0.2) is 0 Å². The monoisotopic (exact) mass is 362 g/mol. The number of anilines is 1. The van der Waals surface area contributed by atoms with Gasteiger partial charge in [0.2, 0.25) is 5.91 Å². The van der Waals surface area contributed by atoms with Crippen LogP contribution in [0.15, 0.2) is 24.3 Å². The summed E-state index contributed by atoms with van der Waals surface area (Å²) >= 11 is 1.88. The fourth-order valence-corrected chi connectivity index (χ4v) is 4.02. The first-order valence-corrected chi connectivity index (χ1v) is 9.96. The molecule has 2 N–H and O–H groups in total. The highest BCUT2D eigenvalue weighted by Gasteiger charge is 2.20. The molecule has 0 aliphatic carbocycles. The van der Waals surface area contributed by atoms with Gasteiger partial charge < -0.3 is 20.4 Å². The first-order chi connectivity index (χ1) is 12.1. The zero-order valence-corrected chi connectivity index (χ0v) is 15.5. The van der Waals surface area contributed by atoms with Crippen molar-refractivity contribution < 1.29 is 9.59 Å². The highest BCUT2D eigenvalue weighted by atomic mass is 32.2. The van der Waals surface area contributed by atoms with Gasteiger partial charge >= 0.3 is 0 Å². The van der Waals surface area contributed by atoms with Crippen LogP contribution in [-0.4, -0.2) is 78.9 Å². The van der Waals surface area contributed by atoms with E-state index in [9.17, 15) is 9.59 Å². The van der Waals surface area contributed by atoms with E-state index in [-0.39, 0.29) is 17.9 Å². The summed E-state index contributed by atoms with van der Waals surface area (Å²) in [5.74, 6) is 2.17. The molecular formula is C18H26N4O2S. The van der Waals surface area contributed by atoms with Crippen molar-refractivity contribution in [2.45, 2.75) is 12.5 Å². The molecular weight excluding hydrogens is 336 g/mol. The van der Waals surface area contributed by atoms with E-state index in [0.717, 1.165) is 49.9 Å². The van der Waals surface area contributed by atoms with Crippen molar-refractivity contribution >= 4 is 29.3 Å². The van der Waals surface area contributed by atoms with Crippen LogP contribution in [0.3, 0.4) is 0 Å². The Kier molecular flexibility index (Phi) is 6.34. The van der Waals surface area contributed by atoms with Gasteiger partial charge in [-0.05, 0) is 31.3 Å². The number of piperazine rings is 1.